The largest absolute Gasteiger partial charge is 0.250 e. The van der Waals surface area contributed by atoms with Gasteiger partial charge in [0.15, 0.2) is 0 Å². The van der Waals surface area contributed by atoms with Crippen molar-refractivity contribution in [3.05, 3.63) is 17.0 Å². The van der Waals surface area contributed by atoms with Crippen LogP contribution >= 0.6 is 22.9 Å². The number of sulfonamides is 1. The first-order chi connectivity index (χ1) is 9.01. The first kappa shape index (κ1) is 15.3. The summed E-state index contributed by atoms with van der Waals surface area (Å²) in [6, 6.07) is 3.57. The summed E-state index contributed by atoms with van der Waals surface area (Å²) in [6.07, 6.45) is 5.78. The van der Waals surface area contributed by atoms with Crippen LogP contribution in [0.4, 0.5) is 0 Å². The minimum Gasteiger partial charge on any atom is -0.206 e. The van der Waals surface area contributed by atoms with E-state index >= 15 is 0 Å². The highest BCUT2D eigenvalue weighted by Crippen LogP contribution is 2.32. The van der Waals surface area contributed by atoms with Gasteiger partial charge in [-0.15, -0.1) is 22.9 Å². The molecule has 1 aromatic rings. The molecule has 0 spiro atoms. The lowest BCUT2D eigenvalue weighted by Crippen LogP contribution is -2.50. The van der Waals surface area contributed by atoms with Gasteiger partial charge in [-0.05, 0) is 31.4 Å². The highest BCUT2D eigenvalue weighted by molar-refractivity contribution is 7.91. The third kappa shape index (κ3) is 3.51. The minimum atomic E-state index is -3.44. The van der Waals surface area contributed by atoms with Gasteiger partial charge in [0.25, 0.3) is 10.0 Å². The van der Waals surface area contributed by atoms with Crippen LogP contribution in [0.1, 0.15) is 43.9 Å². The van der Waals surface area contributed by atoms with E-state index in [1.165, 1.54) is 17.8 Å². The fourth-order valence-corrected chi connectivity index (χ4v) is 5.69. The van der Waals surface area contributed by atoms with Gasteiger partial charge >= 0.3 is 0 Å². The van der Waals surface area contributed by atoms with Crippen molar-refractivity contribution in [2.75, 3.05) is 5.88 Å². The summed E-state index contributed by atoms with van der Waals surface area (Å²) >= 11 is 7.38. The standard InChI is InChI=1S/C13H20ClNO2S2/c1-2-11-6-7-12(18-11)19(16,17)15-13(10-14)8-4-3-5-9-13/h6-7,15H,2-5,8-10H2,1H3. The maximum Gasteiger partial charge on any atom is 0.250 e. The molecule has 1 saturated carbocycles. The van der Waals surface area contributed by atoms with E-state index in [-0.39, 0.29) is 0 Å². The van der Waals surface area contributed by atoms with Crippen LogP contribution in [-0.4, -0.2) is 19.8 Å². The van der Waals surface area contributed by atoms with Crippen molar-refractivity contribution in [1.29, 1.82) is 0 Å². The van der Waals surface area contributed by atoms with Crippen LogP contribution in [0.3, 0.4) is 0 Å². The smallest absolute Gasteiger partial charge is 0.206 e. The molecule has 6 heteroatoms. The van der Waals surface area contributed by atoms with Crippen molar-refractivity contribution in [3.63, 3.8) is 0 Å². The Morgan fingerprint density at radius 2 is 2.00 bits per heavy atom. The Hall–Kier alpha value is -0.100. The van der Waals surface area contributed by atoms with Gasteiger partial charge in [0.05, 0.1) is 0 Å². The Morgan fingerprint density at radius 3 is 2.53 bits per heavy atom. The van der Waals surface area contributed by atoms with E-state index in [9.17, 15) is 8.42 Å². The highest BCUT2D eigenvalue weighted by Gasteiger charge is 2.36. The summed E-state index contributed by atoms with van der Waals surface area (Å²) in [7, 11) is -3.44. The first-order valence-electron chi connectivity index (χ1n) is 6.70. The second kappa shape index (κ2) is 6.12. The SMILES string of the molecule is CCc1ccc(S(=O)(=O)NC2(CCl)CCCCC2)s1. The fourth-order valence-electron chi connectivity index (χ4n) is 2.52. The number of hydrogen-bond donors (Lipinski definition) is 1. The Morgan fingerprint density at radius 1 is 1.32 bits per heavy atom. The lowest BCUT2D eigenvalue weighted by Gasteiger charge is -2.35. The summed E-state index contributed by atoms with van der Waals surface area (Å²) in [6.45, 7) is 2.02. The molecule has 108 valence electrons. The van der Waals surface area contributed by atoms with Gasteiger partial charge in [0.2, 0.25) is 0 Å². The molecule has 1 fully saturated rings. The Bertz CT molecular complexity index is 519. The molecule has 0 amide bonds. The van der Waals surface area contributed by atoms with Crippen LogP contribution in [0.15, 0.2) is 16.3 Å². The average Bonchev–Trinajstić information content (AvgIpc) is 2.89. The van der Waals surface area contributed by atoms with Crippen LogP contribution in [0.2, 0.25) is 0 Å². The molecule has 0 unspecified atom stereocenters. The van der Waals surface area contributed by atoms with Crippen molar-refractivity contribution in [2.24, 2.45) is 0 Å². The molecule has 1 heterocycles. The molecule has 1 aliphatic rings. The maximum absolute atomic E-state index is 12.4. The molecule has 0 saturated heterocycles. The van der Waals surface area contributed by atoms with Crippen molar-refractivity contribution in [1.82, 2.24) is 4.72 Å². The number of rotatable bonds is 5. The lowest BCUT2D eigenvalue weighted by atomic mass is 9.84. The molecule has 1 N–H and O–H groups in total. The van der Waals surface area contributed by atoms with E-state index in [1.807, 2.05) is 13.0 Å². The Labute approximate surface area is 124 Å². The molecular formula is C13H20ClNO2S2. The number of aryl methyl sites for hydroxylation is 1. The summed E-state index contributed by atoms with van der Waals surface area (Å²) in [5, 5.41) is 0. The summed E-state index contributed by atoms with van der Waals surface area (Å²) < 4.78 is 28.1. The monoisotopic (exact) mass is 321 g/mol. The molecule has 2 rings (SSSR count). The minimum absolute atomic E-state index is 0.345. The third-order valence-corrected chi connectivity index (χ3v) is 7.48. The van der Waals surface area contributed by atoms with Crippen LogP contribution in [0.25, 0.3) is 0 Å². The maximum atomic E-state index is 12.4. The first-order valence-corrected chi connectivity index (χ1v) is 9.53. The van der Waals surface area contributed by atoms with Crippen LogP contribution < -0.4 is 4.72 Å². The molecular weight excluding hydrogens is 302 g/mol. The molecule has 19 heavy (non-hydrogen) atoms. The average molecular weight is 322 g/mol. The number of hydrogen-bond acceptors (Lipinski definition) is 3. The Balaban J connectivity index is 2.19. The predicted molar refractivity (Wildman–Crippen MR) is 80.6 cm³/mol. The molecule has 0 atom stereocenters. The van der Waals surface area contributed by atoms with E-state index in [2.05, 4.69) is 4.72 Å². The molecule has 1 aliphatic carbocycles. The van der Waals surface area contributed by atoms with Crippen molar-refractivity contribution in [2.45, 2.75) is 55.2 Å². The molecule has 0 bridgehead atoms. The Kier molecular flexibility index (Phi) is 4.93. The van der Waals surface area contributed by atoms with Gasteiger partial charge in [-0.2, -0.15) is 0 Å². The van der Waals surface area contributed by atoms with E-state index in [1.54, 1.807) is 6.07 Å². The zero-order valence-electron chi connectivity index (χ0n) is 11.1. The van der Waals surface area contributed by atoms with Crippen LogP contribution in [0.5, 0.6) is 0 Å². The summed E-state index contributed by atoms with van der Waals surface area (Å²) in [5.41, 5.74) is -0.449. The number of halogens is 1. The van der Waals surface area contributed by atoms with Crippen LogP contribution in [0, 0.1) is 0 Å². The molecule has 0 radical (unpaired) electrons. The van der Waals surface area contributed by atoms with E-state index in [0.29, 0.717) is 10.1 Å². The molecule has 0 aliphatic heterocycles. The van der Waals surface area contributed by atoms with Gasteiger partial charge in [-0.25, -0.2) is 13.1 Å². The van der Waals surface area contributed by atoms with E-state index < -0.39 is 15.6 Å². The fraction of sp³-hybridized carbons (Fsp3) is 0.692. The summed E-state index contributed by atoms with van der Waals surface area (Å²) in [5.74, 6) is 0.345. The van der Waals surface area contributed by atoms with Gasteiger partial charge in [0.1, 0.15) is 4.21 Å². The third-order valence-electron chi connectivity index (χ3n) is 3.67. The van der Waals surface area contributed by atoms with E-state index in [4.69, 9.17) is 11.6 Å². The van der Waals surface area contributed by atoms with Gasteiger partial charge in [-0.1, -0.05) is 26.2 Å². The topological polar surface area (TPSA) is 46.2 Å². The van der Waals surface area contributed by atoms with Gasteiger partial charge in [0, 0.05) is 16.3 Å². The second-order valence-corrected chi connectivity index (χ2v) is 8.50. The van der Waals surface area contributed by atoms with Crippen molar-refractivity contribution < 1.29 is 8.42 Å². The van der Waals surface area contributed by atoms with Gasteiger partial charge in [-0.3, -0.25) is 0 Å². The zero-order valence-corrected chi connectivity index (χ0v) is 13.5. The lowest BCUT2D eigenvalue weighted by molar-refractivity contribution is 0.298. The predicted octanol–water partition coefficient (Wildman–Crippen LogP) is 3.53. The van der Waals surface area contributed by atoms with Crippen molar-refractivity contribution >= 4 is 33.0 Å². The van der Waals surface area contributed by atoms with Gasteiger partial charge < -0.3 is 0 Å². The summed E-state index contributed by atoms with van der Waals surface area (Å²) in [4.78, 5) is 1.09. The molecule has 3 nitrogen and oxygen atoms in total. The van der Waals surface area contributed by atoms with Crippen molar-refractivity contribution in [3.8, 4) is 0 Å². The zero-order chi connectivity index (χ0) is 13.9. The second-order valence-electron chi connectivity index (χ2n) is 5.15. The molecule has 1 aromatic heterocycles. The number of alkyl halides is 1. The number of nitrogens with one attached hydrogen (secondary N) is 1. The van der Waals surface area contributed by atoms with Crippen LogP contribution in [-0.2, 0) is 16.4 Å². The number of thiophene rings is 1. The highest BCUT2D eigenvalue weighted by atomic mass is 35.5. The quantitative estimate of drug-likeness (QED) is 0.843. The molecule has 0 aromatic carbocycles. The van der Waals surface area contributed by atoms with E-state index in [0.717, 1.165) is 37.0 Å². The normalized spacial score (nSPS) is 19.5.